The van der Waals surface area contributed by atoms with Crippen molar-refractivity contribution in [3.05, 3.63) is 0 Å². The smallest absolute Gasteiger partial charge is 0.305 e. The van der Waals surface area contributed by atoms with Gasteiger partial charge >= 0.3 is 17.9 Å². The minimum absolute atomic E-state index is 0.160. The quantitative estimate of drug-likeness (QED) is 0.523. The van der Waals surface area contributed by atoms with E-state index in [9.17, 15) is 19.5 Å². The van der Waals surface area contributed by atoms with Gasteiger partial charge in [0.05, 0.1) is 6.61 Å². The molecular weight excluding hydrogens is 260 g/mol. The molecule has 108 valence electrons. The van der Waals surface area contributed by atoms with Crippen molar-refractivity contribution < 1.29 is 38.4 Å². The zero-order valence-corrected chi connectivity index (χ0v) is 10.8. The van der Waals surface area contributed by atoms with Gasteiger partial charge in [-0.1, -0.05) is 0 Å². The Kier molecular flexibility index (Phi) is 5.25. The lowest BCUT2D eigenvalue weighted by Crippen LogP contribution is -2.56. The second-order valence-electron chi connectivity index (χ2n) is 4.02. The lowest BCUT2D eigenvalue weighted by Gasteiger charge is -2.37. The van der Waals surface area contributed by atoms with Crippen LogP contribution >= 0.6 is 0 Å². The van der Waals surface area contributed by atoms with Crippen molar-refractivity contribution >= 4 is 17.9 Å². The average Bonchev–Trinajstić information content (AvgIpc) is 2.26. The molecule has 0 aromatic rings. The van der Waals surface area contributed by atoms with Gasteiger partial charge in [0.25, 0.3) is 0 Å². The van der Waals surface area contributed by atoms with Gasteiger partial charge in [0, 0.05) is 20.8 Å². The van der Waals surface area contributed by atoms with Crippen LogP contribution < -0.4 is 0 Å². The highest BCUT2D eigenvalue weighted by molar-refractivity contribution is 5.67. The van der Waals surface area contributed by atoms with E-state index in [1.165, 1.54) is 6.92 Å². The third-order valence-corrected chi connectivity index (χ3v) is 2.31. The highest BCUT2D eigenvalue weighted by Crippen LogP contribution is 2.22. The molecular formula is C11H16O8. The summed E-state index contributed by atoms with van der Waals surface area (Å²) in [5, 5.41) is 9.94. The summed E-state index contributed by atoms with van der Waals surface area (Å²) < 4.78 is 19.6. The predicted molar refractivity (Wildman–Crippen MR) is 58.6 cm³/mol. The predicted octanol–water partition coefficient (Wildman–Crippen LogP) is -0.870. The zero-order chi connectivity index (χ0) is 14.6. The molecule has 1 rings (SSSR count). The first-order chi connectivity index (χ1) is 8.81. The van der Waals surface area contributed by atoms with Gasteiger partial charge in [-0.15, -0.1) is 0 Å². The van der Waals surface area contributed by atoms with Crippen molar-refractivity contribution in [1.29, 1.82) is 0 Å². The van der Waals surface area contributed by atoms with Crippen LogP contribution in [0.4, 0.5) is 0 Å². The topological polar surface area (TPSA) is 108 Å². The Morgan fingerprint density at radius 3 is 2.00 bits per heavy atom. The van der Waals surface area contributed by atoms with Crippen LogP contribution in [-0.4, -0.2) is 54.2 Å². The fraction of sp³-hybridized carbons (Fsp3) is 0.727. The Morgan fingerprint density at radius 1 is 1.00 bits per heavy atom. The van der Waals surface area contributed by atoms with E-state index in [1.807, 2.05) is 0 Å². The minimum atomic E-state index is -1.44. The second kappa shape index (κ2) is 6.48. The molecule has 1 saturated heterocycles. The van der Waals surface area contributed by atoms with Gasteiger partial charge in [-0.2, -0.15) is 0 Å². The number of aliphatic hydroxyl groups excluding tert-OH is 1. The summed E-state index contributed by atoms with van der Waals surface area (Å²) in [5.74, 6) is -1.93. The third kappa shape index (κ3) is 4.49. The first-order valence-corrected chi connectivity index (χ1v) is 5.62. The summed E-state index contributed by atoms with van der Waals surface area (Å²) in [7, 11) is 0. The largest absolute Gasteiger partial charge is 0.456 e. The molecule has 0 bridgehead atoms. The van der Waals surface area contributed by atoms with E-state index in [-0.39, 0.29) is 6.61 Å². The molecule has 0 aromatic carbocycles. The molecule has 0 unspecified atom stereocenters. The number of carbonyl (C=O) groups is 3. The fourth-order valence-corrected chi connectivity index (χ4v) is 1.68. The molecule has 4 atom stereocenters. The molecule has 1 aliphatic heterocycles. The Bertz CT molecular complexity index is 366. The first kappa shape index (κ1) is 15.4. The maximum absolute atomic E-state index is 11.0. The number of aliphatic hydroxyl groups is 1. The molecule has 0 spiro atoms. The van der Waals surface area contributed by atoms with Gasteiger partial charge in [-0.25, -0.2) is 0 Å². The maximum atomic E-state index is 11.0. The number of hydrogen-bond acceptors (Lipinski definition) is 8. The van der Waals surface area contributed by atoms with Gasteiger partial charge in [0.2, 0.25) is 6.29 Å². The van der Waals surface area contributed by atoms with Crippen molar-refractivity contribution in [2.75, 3.05) is 6.61 Å². The summed E-state index contributed by atoms with van der Waals surface area (Å²) in [5.41, 5.74) is 0. The van der Waals surface area contributed by atoms with Crippen molar-refractivity contribution in [3.63, 3.8) is 0 Å². The van der Waals surface area contributed by atoms with Gasteiger partial charge in [-0.3, -0.25) is 14.4 Å². The molecule has 0 saturated carbocycles. The summed E-state index contributed by atoms with van der Waals surface area (Å²) in [6, 6.07) is 0. The Morgan fingerprint density at radius 2 is 1.53 bits per heavy atom. The van der Waals surface area contributed by atoms with Crippen LogP contribution in [0.1, 0.15) is 20.8 Å². The van der Waals surface area contributed by atoms with E-state index in [0.29, 0.717) is 0 Å². The Hall–Kier alpha value is -1.67. The van der Waals surface area contributed by atoms with E-state index < -0.39 is 42.5 Å². The summed E-state index contributed by atoms with van der Waals surface area (Å²) in [4.78, 5) is 32.8. The van der Waals surface area contributed by atoms with Crippen LogP contribution in [0.15, 0.2) is 0 Å². The van der Waals surface area contributed by atoms with Crippen LogP contribution in [0.5, 0.6) is 0 Å². The number of carbonyl (C=O) groups excluding carboxylic acids is 3. The van der Waals surface area contributed by atoms with Gasteiger partial charge in [0.1, 0.15) is 0 Å². The first-order valence-electron chi connectivity index (χ1n) is 5.62. The van der Waals surface area contributed by atoms with Gasteiger partial charge < -0.3 is 24.1 Å². The van der Waals surface area contributed by atoms with Crippen molar-refractivity contribution in [2.45, 2.75) is 45.4 Å². The molecule has 8 heteroatoms. The highest BCUT2D eigenvalue weighted by Gasteiger charge is 2.45. The lowest BCUT2D eigenvalue weighted by molar-refractivity contribution is -0.269. The number of esters is 3. The Labute approximate surface area is 109 Å². The van der Waals surface area contributed by atoms with Crippen molar-refractivity contribution in [2.24, 2.45) is 0 Å². The highest BCUT2D eigenvalue weighted by atomic mass is 16.7. The Balaban J connectivity index is 2.79. The number of hydrogen-bond donors (Lipinski definition) is 1. The van der Waals surface area contributed by atoms with Crippen molar-refractivity contribution in [1.82, 2.24) is 0 Å². The van der Waals surface area contributed by atoms with Crippen LogP contribution in [0.2, 0.25) is 0 Å². The molecule has 1 heterocycles. The van der Waals surface area contributed by atoms with Crippen LogP contribution in [0, 0.1) is 0 Å². The molecule has 1 N–H and O–H groups in total. The van der Waals surface area contributed by atoms with Crippen molar-refractivity contribution in [3.8, 4) is 0 Å². The molecule has 0 aromatic heterocycles. The lowest BCUT2D eigenvalue weighted by atomic mass is 10.0. The zero-order valence-electron chi connectivity index (χ0n) is 10.8. The van der Waals surface area contributed by atoms with E-state index in [0.717, 1.165) is 13.8 Å². The van der Waals surface area contributed by atoms with Crippen LogP contribution in [0.25, 0.3) is 0 Å². The summed E-state index contributed by atoms with van der Waals surface area (Å²) in [6.45, 7) is 3.31. The standard InChI is InChI=1S/C11H16O8/c1-5(12)17-8-4-16-11(19-7(3)14)9(15)10(8)18-6(2)13/h8-11,15H,4H2,1-3H3/t8-,9-,10-,11+/m1/s1. The summed E-state index contributed by atoms with van der Waals surface area (Å²) >= 11 is 0. The fourth-order valence-electron chi connectivity index (χ4n) is 1.68. The number of ether oxygens (including phenoxy) is 4. The monoisotopic (exact) mass is 276 g/mol. The molecule has 0 amide bonds. The van der Waals surface area contributed by atoms with E-state index in [4.69, 9.17) is 18.9 Å². The molecule has 19 heavy (non-hydrogen) atoms. The summed E-state index contributed by atoms with van der Waals surface area (Å²) in [6.07, 6.45) is -4.82. The molecule has 1 aliphatic rings. The van der Waals surface area contributed by atoms with E-state index in [1.54, 1.807) is 0 Å². The van der Waals surface area contributed by atoms with Gasteiger partial charge in [-0.05, 0) is 0 Å². The normalized spacial score (nSPS) is 30.3. The van der Waals surface area contributed by atoms with E-state index in [2.05, 4.69) is 0 Å². The molecule has 1 fully saturated rings. The minimum Gasteiger partial charge on any atom is -0.456 e. The molecule has 0 radical (unpaired) electrons. The van der Waals surface area contributed by atoms with E-state index >= 15 is 0 Å². The second-order valence-corrected chi connectivity index (χ2v) is 4.02. The van der Waals surface area contributed by atoms with Crippen LogP contribution in [0.3, 0.4) is 0 Å². The maximum Gasteiger partial charge on any atom is 0.305 e. The third-order valence-electron chi connectivity index (χ3n) is 2.31. The molecule has 0 aliphatic carbocycles. The average molecular weight is 276 g/mol. The molecule has 8 nitrogen and oxygen atoms in total. The SMILES string of the molecule is CC(=O)O[C@@H]1OC[C@@H](OC(C)=O)[C@@H](OC(C)=O)[C@H]1O. The van der Waals surface area contributed by atoms with Gasteiger partial charge in [0.15, 0.2) is 18.3 Å². The number of rotatable bonds is 3. The van der Waals surface area contributed by atoms with Crippen LogP contribution in [-0.2, 0) is 33.3 Å².